The lowest BCUT2D eigenvalue weighted by atomic mass is 10.0. The predicted molar refractivity (Wildman–Crippen MR) is 112 cm³/mol. The highest BCUT2D eigenvalue weighted by Gasteiger charge is 2.48. The molecule has 0 bridgehead atoms. The second kappa shape index (κ2) is 7.96. The molecule has 30 heavy (non-hydrogen) atoms. The summed E-state index contributed by atoms with van der Waals surface area (Å²) in [6.07, 6.45) is -4.86. The summed E-state index contributed by atoms with van der Waals surface area (Å²) in [5.74, 6) is -0.868. The fourth-order valence-corrected chi connectivity index (χ4v) is 4.58. The first kappa shape index (κ1) is 21.3. The quantitative estimate of drug-likeness (QED) is 0.419. The number of amides is 1. The zero-order valence-electron chi connectivity index (χ0n) is 14.8. The molecule has 0 spiro atoms. The number of carbonyl (C=O) groups is 1. The van der Waals surface area contributed by atoms with Crippen LogP contribution in [0.1, 0.15) is 33.9 Å². The molecule has 0 radical (unpaired) electrons. The maximum atomic E-state index is 13.8. The minimum Gasteiger partial charge on any atom is -0.361 e. The Bertz CT molecular complexity index is 1100. The molecule has 4 rings (SSSR count). The van der Waals surface area contributed by atoms with E-state index in [4.69, 9.17) is 34.8 Å². The van der Waals surface area contributed by atoms with Crippen molar-refractivity contribution < 1.29 is 18.0 Å². The van der Waals surface area contributed by atoms with E-state index in [1.807, 2.05) is 0 Å². The predicted octanol–water partition coefficient (Wildman–Crippen LogP) is 6.82. The van der Waals surface area contributed by atoms with Crippen LogP contribution in [0.5, 0.6) is 0 Å². The van der Waals surface area contributed by atoms with E-state index in [2.05, 4.69) is 15.7 Å². The van der Waals surface area contributed by atoms with Crippen LogP contribution in [0, 0.1) is 0 Å². The molecule has 0 unspecified atom stereocenters. The van der Waals surface area contributed by atoms with Gasteiger partial charge in [0, 0.05) is 16.3 Å². The summed E-state index contributed by atoms with van der Waals surface area (Å²) >= 11 is 19.6. The van der Waals surface area contributed by atoms with Gasteiger partial charge in [0.05, 0.1) is 16.8 Å². The van der Waals surface area contributed by atoms with E-state index in [9.17, 15) is 18.0 Å². The minimum atomic E-state index is -4.58. The van der Waals surface area contributed by atoms with Gasteiger partial charge < -0.3 is 10.6 Å². The highest BCUT2D eigenvalue weighted by molar-refractivity contribution is 7.10. The summed E-state index contributed by atoms with van der Waals surface area (Å²) in [4.78, 5) is 13.4. The van der Waals surface area contributed by atoms with Crippen molar-refractivity contribution >= 4 is 63.6 Å². The van der Waals surface area contributed by atoms with E-state index in [-0.39, 0.29) is 33.7 Å². The third kappa shape index (κ3) is 3.99. The monoisotopic (exact) mass is 494 g/mol. The van der Waals surface area contributed by atoms with Gasteiger partial charge in [-0.3, -0.25) is 4.79 Å². The molecule has 1 aliphatic rings. The number of hydrogen-bond donors (Lipinski definition) is 2. The number of carbonyl (C=O) groups excluding carboxylic acids is 1. The van der Waals surface area contributed by atoms with E-state index in [1.165, 1.54) is 29.5 Å². The molecule has 0 saturated carbocycles. The molecule has 1 amide bonds. The molecule has 1 aromatic carbocycles. The van der Waals surface area contributed by atoms with Crippen LogP contribution in [0.15, 0.2) is 35.7 Å². The lowest BCUT2D eigenvalue weighted by molar-refractivity contribution is -0.173. The number of rotatable bonds is 3. The Hall–Kier alpha value is -1.94. The lowest BCUT2D eigenvalue weighted by Gasteiger charge is -2.32. The lowest BCUT2D eigenvalue weighted by Crippen LogP contribution is -2.35. The number of nitrogens with one attached hydrogen (secondary N) is 2. The van der Waals surface area contributed by atoms with E-state index >= 15 is 0 Å². The Morgan fingerprint density at radius 2 is 2.03 bits per heavy atom. The molecule has 2 N–H and O–H groups in total. The maximum Gasteiger partial charge on any atom is 0.410 e. The maximum absolute atomic E-state index is 13.8. The van der Waals surface area contributed by atoms with Gasteiger partial charge in [0.2, 0.25) is 0 Å². The Labute approximate surface area is 187 Å². The Morgan fingerprint density at radius 1 is 1.27 bits per heavy atom. The fourth-order valence-electron chi connectivity index (χ4n) is 3.19. The third-order valence-corrected chi connectivity index (χ3v) is 6.48. The van der Waals surface area contributed by atoms with Crippen molar-refractivity contribution in [3.8, 4) is 0 Å². The van der Waals surface area contributed by atoms with Crippen LogP contribution in [-0.4, -0.2) is 21.9 Å². The van der Waals surface area contributed by atoms with Crippen molar-refractivity contribution in [1.29, 1.82) is 0 Å². The second-order valence-electron chi connectivity index (χ2n) is 6.54. The smallest absolute Gasteiger partial charge is 0.361 e. The van der Waals surface area contributed by atoms with Crippen LogP contribution in [-0.2, 0) is 0 Å². The van der Waals surface area contributed by atoms with Gasteiger partial charge in [0.1, 0.15) is 10.8 Å². The van der Waals surface area contributed by atoms with Crippen molar-refractivity contribution in [2.75, 3.05) is 10.6 Å². The second-order valence-corrected chi connectivity index (χ2v) is 8.74. The van der Waals surface area contributed by atoms with Crippen LogP contribution in [0.25, 0.3) is 0 Å². The highest BCUT2D eigenvalue weighted by atomic mass is 35.5. The molecular formula is C18H12Cl3F3N4OS. The minimum absolute atomic E-state index is 0.0639. The molecule has 5 nitrogen and oxygen atoms in total. The van der Waals surface area contributed by atoms with Crippen LogP contribution in [0.4, 0.5) is 24.7 Å². The summed E-state index contributed by atoms with van der Waals surface area (Å²) in [6.45, 7) is 0. The summed E-state index contributed by atoms with van der Waals surface area (Å²) in [6, 6.07) is 5.37. The number of anilines is 2. The van der Waals surface area contributed by atoms with Crippen molar-refractivity contribution in [3.63, 3.8) is 0 Å². The first-order valence-electron chi connectivity index (χ1n) is 8.56. The number of hydrogen-bond acceptors (Lipinski definition) is 4. The number of fused-ring (bicyclic) bond motifs is 1. The molecule has 2 aromatic heterocycles. The molecule has 12 heteroatoms. The van der Waals surface area contributed by atoms with E-state index < -0.39 is 24.2 Å². The first-order valence-corrected chi connectivity index (χ1v) is 10.6. The largest absolute Gasteiger partial charge is 0.410 e. The zero-order valence-corrected chi connectivity index (χ0v) is 17.9. The average Bonchev–Trinajstić information content (AvgIpc) is 3.32. The third-order valence-electron chi connectivity index (χ3n) is 4.57. The zero-order chi connectivity index (χ0) is 21.6. The van der Waals surface area contributed by atoms with E-state index in [0.29, 0.717) is 5.02 Å². The molecule has 0 fully saturated rings. The fraction of sp³-hybridized carbons (Fsp3) is 0.222. The van der Waals surface area contributed by atoms with Gasteiger partial charge in [-0.25, -0.2) is 4.68 Å². The van der Waals surface area contributed by atoms with Crippen molar-refractivity contribution in [2.45, 2.75) is 24.7 Å². The standard InChI is InChI=1S/C18H12Cl3F3N4OS/c19-8-3-4-9(20)10(6-8)26-17(29)15-14(21)16-25-11(12-2-1-5-30-12)7-13(18(22,23)24)28(16)27-15/h1-6,11,13,25H,7H2,(H,26,29)/t11-,13-/m1/s1. The van der Waals surface area contributed by atoms with Gasteiger partial charge in [-0.15, -0.1) is 11.3 Å². The number of benzene rings is 1. The van der Waals surface area contributed by atoms with Crippen molar-refractivity contribution in [1.82, 2.24) is 9.78 Å². The average molecular weight is 496 g/mol. The van der Waals surface area contributed by atoms with Gasteiger partial charge in [-0.05, 0) is 29.6 Å². The molecular weight excluding hydrogens is 484 g/mol. The van der Waals surface area contributed by atoms with Crippen LogP contribution < -0.4 is 10.6 Å². The van der Waals surface area contributed by atoms with Gasteiger partial charge >= 0.3 is 6.18 Å². The van der Waals surface area contributed by atoms with Crippen molar-refractivity contribution in [3.05, 3.63) is 61.4 Å². The van der Waals surface area contributed by atoms with E-state index in [1.54, 1.807) is 17.5 Å². The molecule has 3 aromatic rings. The first-order chi connectivity index (χ1) is 14.1. The summed E-state index contributed by atoms with van der Waals surface area (Å²) in [7, 11) is 0. The summed E-state index contributed by atoms with van der Waals surface area (Å²) in [5, 5.41) is 11.4. The summed E-state index contributed by atoms with van der Waals surface area (Å²) in [5.41, 5.74) is -0.163. The number of aromatic nitrogens is 2. The Kier molecular flexibility index (Phi) is 5.65. The topological polar surface area (TPSA) is 59.0 Å². The van der Waals surface area contributed by atoms with Crippen LogP contribution >= 0.6 is 46.1 Å². The van der Waals surface area contributed by atoms with E-state index in [0.717, 1.165) is 9.56 Å². The molecule has 0 saturated heterocycles. The van der Waals surface area contributed by atoms with Gasteiger partial charge in [0.15, 0.2) is 11.7 Å². The van der Waals surface area contributed by atoms with Gasteiger partial charge in [-0.2, -0.15) is 18.3 Å². The number of thiophene rings is 1. The SMILES string of the molecule is O=C(Nc1cc(Cl)ccc1Cl)c1nn2c(c1Cl)N[C@@H](c1cccs1)C[C@@H]2C(F)(F)F. The molecule has 3 heterocycles. The normalized spacial score (nSPS) is 18.6. The Morgan fingerprint density at radius 3 is 2.70 bits per heavy atom. The summed E-state index contributed by atoms with van der Waals surface area (Å²) < 4.78 is 42.0. The number of nitrogens with zero attached hydrogens (tertiary/aromatic N) is 2. The molecule has 158 valence electrons. The van der Waals surface area contributed by atoms with Crippen molar-refractivity contribution in [2.24, 2.45) is 0 Å². The van der Waals surface area contributed by atoms with Crippen LogP contribution in [0.2, 0.25) is 15.1 Å². The van der Waals surface area contributed by atoms with Crippen LogP contribution in [0.3, 0.4) is 0 Å². The van der Waals surface area contributed by atoms with Gasteiger partial charge in [-0.1, -0.05) is 40.9 Å². The Balaban J connectivity index is 1.71. The number of halogens is 6. The molecule has 2 atom stereocenters. The molecule has 0 aliphatic carbocycles. The molecule has 1 aliphatic heterocycles. The number of alkyl halides is 3. The highest BCUT2D eigenvalue weighted by Crippen LogP contribution is 2.47. The van der Waals surface area contributed by atoms with Gasteiger partial charge in [0.25, 0.3) is 5.91 Å².